The van der Waals surface area contributed by atoms with Gasteiger partial charge in [0.15, 0.2) is 8.32 Å². The molecule has 1 N–H and O–H groups in total. The predicted molar refractivity (Wildman–Crippen MR) is 160 cm³/mol. The molecule has 1 unspecified atom stereocenters. The number of aliphatic hydroxyl groups is 1. The Labute approximate surface area is 227 Å². The van der Waals surface area contributed by atoms with Crippen LogP contribution in [-0.2, 0) is 13.6 Å². The van der Waals surface area contributed by atoms with Gasteiger partial charge >= 0.3 is 0 Å². The van der Waals surface area contributed by atoms with Crippen molar-refractivity contribution >= 4 is 32.9 Å². The summed E-state index contributed by atoms with van der Waals surface area (Å²) in [5.74, 6) is -0.742. The molecule has 2 aromatic rings. The standard InChI is InChI=1S/C30H49NO4Si2/c1-23(32)27(35-36(10,11)29(2,3)4)26(28(33)31(8)9)22-34-37(30(5,6)7,24-18-14-12-15-19-24)25-20-16-13-17-21-25/h12-21,23,26-27,32H,22H2,1-11H3/t23?,26-,27+/m0/s1. The summed E-state index contributed by atoms with van der Waals surface area (Å²) in [6, 6.07) is 20.8. The summed E-state index contributed by atoms with van der Waals surface area (Å²) in [7, 11) is -1.65. The van der Waals surface area contributed by atoms with Crippen LogP contribution in [0.4, 0.5) is 0 Å². The van der Waals surface area contributed by atoms with Gasteiger partial charge in [-0.25, -0.2) is 0 Å². The molecule has 0 radical (unpaired) electrons. The Kier molecular flexibility index (Phi) is 10.2. The van der Waals surface area contributed by atoms with Gasteiger partial charge in [0, 0.05) is 20.7 Å². The van der Waals surface area contributed by atoms with Crippen LogP contribution in [0.15, 0.2) is 60.7 Å². The summed E-state index contributed by atoms with van der Waals surface area (Å²) in [5.41, 5.74) is 0. The Morgan fingerprint density at radius 1 is 0.865 bits per heavy atom. The van der Waals surface area contributed by atoms with Gasteiger partial charge in [0.05, 0.1) is 18.1 Å². The molecular formula is C30H49NO4Si2. The zero-order chi connectivity index (χ0) is 28.2. The van der Waals surface area contributed by atoms with Gasteiger partial charge in [-0.05, 0) is 40.5 Å². The minimum atomic E-state index is -2.87. The molecular weight excluding hydrogens is 495 g/mol. The molecule has 5 nitrogen and oxygen atoms in total. The Hall–Kier alpha value is -1.78. The zero-order valence-electron chi connectivity index (χ0n) is 24.8. The number of hydrogen-bond donors (Lipinski definition) is 1. The zero-order valence-corrected chi connectivity index (χ0v) is 26.8. The molecule has 2 aromatic carbocycles. The van der Waals surface area contributed by atoms with Gasteiger partial charge < -0.3 is 18.9 Å². The molecule has 1 amide bonds. The first-order chi connectivity index (χ1) is 17.0. The third kappa shape index (κ3) is 7.01. The Bertz CT molecular complexity index is 956. The molecule has 0 aliphatic carbocycles. The van der Waals surface area contributed by atoms with Crippen LogP contribution >= 0.6 is 0 Å². The van der Waals surface area contributed by atoms with Crippen molar-refractivity contribution in [1.29, 1.82) is 0 Å². The molecule has 0 fully saturated rings. The topological polar surface area (TPSA) is 59.0 Å². The first-order valence-corrected chi connectivity index (χ1v) is 18.1. The molecule has 2 rings (SSSR count). The van der Waals surface area contributed by atoms with E-state index in [9.17, 15) is 9.90 Å². The highest BCUT2D eigenvalue weighted by atomic mass is 28.4. The Morgan fingerprint density at radius 3 is 1.62 bits per heavy atom. The third-order valence-corrected chi connectivity index (χ3v) is 17.2. The maximum atomic E-state index is 13.6. The van der Waals surface area contributed by atoms with Crippen molar-refractivity contribution in [3.05, 3.63) is 60.7 Å². The molecule has 206 valence electrons. The van der Waals surface area contributed by atoms with E-state index in [1.54, 1.807) is 25.9 Å². The maximum Gasteiger partial charge on any atom is 0.261 e. The fraction of sp³-hybridized carbons (Fsp3) is 0.567. The van der Waals surface area contributed by atoms with Gasteiger partial charge in [0.1, 0.15) is 0 Å². The fourth-order valence-electron chi connectivity index (χ4n) is 4.65. The average molecular weight is 544 g/mol. The van der Waals surface area contributed by atoms with E-state index in [-0.39, 0.29) is 22.6 Å². The molecule has 37 heavy (non-hydrogen) atoms. The van der Waals surface area contributed by atoms with Crippen LogP contribution < -0.4 is 10.4 Å². The fourth-order valence-corrected chi connectivity index (χ4v) is 10.6. The predicted octanol–water partition coefficient (Wildman–Crippen LogP) is 5.04. The summed E-state index contributed by atoms with van der Waals surface area (Å²) < 4.78 is 13.9. The van der Waals surface area contributed by atoms with Crippen molar-refractivity contribution in [2.75, 3.05) is 20.7 Å². The van der Waals surface area contributed by atoms with Crippen LogP contribution in [0.5, 0.6) is 0 Å². The molecule has 0 heterocycles. The van der Waals surface area contributed by atoms with Crippen LogP contribution in [0.1, 0.15) is 48.5 Å². The number of carbonyl (C=O) groups excluding carboxylic acids is 1. The molecule has 0 aromatic heterocycles. The van der Waals surface area contributed by atoms with Crippen LogP contribution in [0.2, 0.25) is 23.2 Å². The molecule has 3 atom stereocenters. The molecule has 0 spiro atoms. The van der Waals surface area contributed by atoms with Crippen LogP contribution in [0.3, 0.4) is 0 Å². The van der Waals surface area contributed by atoms with E-state index < -0.39 is 34.8 Å². The lowest BCUT2D eigenvalue weighted by atomic mass is 9.98. The smallest absolute Gasteiger partial charge is 0.261 e. The summed E-state index contributed by atoms with van der Waals surface area (Å²) in [4.78, 5) is 15.2. The van der Waals surface area contributed by atoms with Crippen LogP contribution in [-0.4, -0.2) is 65.5 Å². The highest BCUT2D eigenvalue weighted by Gasteiger charge is 2.52. The summed E-state index contributed by atoms with van der Waals surface area (Å²) in [6.07, 6.45) is -1.50. The largest absolute Gasteiger partial charge is 0.410 e. The first-order valence-electron chi connectivity index (χ1n) is 13.3. The summed E-state index contributed by atoms with van der Waals surface area (Å²) >= 11 is 0. The van der Waals surface area contributed by atoms with Crippen LogP contribution in [0.25, 0.3) is 0 Å². The maximum absolute atomic E-state index is 13.6. The molecule has 7 heteroatoms. The van der Waals surface area contributed by atoms with Gasteiger partial charge in [0.2, 0.25) is 5.91 Å². The van der Waals surface area contributed by atoms with Gasteiger partial charge in [-0.1, -0.05) is 102 Å². The quantitative estimate of drug-likeness (QED) is 0.427. The third-order valence-electron chi connectivity index (χ3n) is 7.76. The second-order valence-electron chi connectivity index (χ2n) is 12.9. The van der Waals surface area contributed by atoms with E-state index in [0.29, 0.717) is 0 Å². The van der Waals surface area contributed by atoms with Crippen molar-refractivity contribution in [3.8, 4) is 0 Å². The number of carbonyl (C=O) groups is 1. The van der Waals surface area contributed by atoms with E-state index in [0.717, 1.165) is 10.4 Å². The monoisotopic (exact) mass is 543 g/mol. The number of aliphatic hydroxyl groups excluding tert-OH is 1. The van der Waals surface area contributed by atoms with E-state index in [1.807, 2.05) is 12.1 Å². The normalized spacial score (nSPS) is 15.7. The number of rotatable bonds is 10. The number of nitrogens with zero attached hydrogens (tertiary/aromatic N) is 1. The lowest BCUT2D eigenvalue weighted by Crippen LogP contribution is -2.67. The van der Waals surface area contributed by atoms with Gasteiger partial charge in [-0.15, -0.1) is 0 Å². The highest BCUT2D eigenvalue weighted by molar-refractivity contribution is 6.99. The SMILES string of the molecule is CC(O)[C@@H](O[Si](C)(C)C(C)(C)C)[C@H](CO[Si](c1ccccc1)(c1ccccc1)C(C)(C)C)C(=O)N(C)C. The van der Waals surface area contributed by atoms with E-state index in [4.69, 9.17) is 8.85 Å². The van der Waals surface area contributed by atoms with Crippen LogP contribution in [0, 0.1) is 5.92 Å². The Balaban J connectivity index is 2.65. The number of hydrogen-bond acceptors (Lipinski definition) is 4. The average Bonchev–Trinajstić information content (AvgIpc) is 2.80. The number of amides is 1. The molecule has 0 aliphatic heterocycles. The lowest BCUT2D eigenvalue weighted by Gasteiger charge is -2.45. The van der Waals surface area contributed by atoms with Crippen molar-refractivity contribution < 1.29 is 18.8 Å². The van der Waals surface area contributed by atoms with Gasteiger partial charge in [-0.2, -0.15) is 0 Å². The second kappa shape index (κ2) is 12.0. The highest BCUT2D eigenvalue weighted by Crippen LogP contribution is 2.40. The molecule has 0 aliphatic rings. The molecule has 0 bridgehead atoms. The van der Waals surface area contributed by atoms with Gasteiger partial charge in [-0.3, -0.25) is 4.79 Å². The Morgan fingerprint density at radius 2 is 1.30 bits per heavy atom. The van der Waals surface area contributed by atoms with Crippen molar-refractivity contribution in [3.63, 3.8) is 0 Å². The first kappa shape index (κ1) is 31.4. The summed E-state index contributed by atoms with van der Waals surface area (Å²) in [6.45, 7) is 19.4. The van der Waals surface area contributed by atoms with Crippen molar-refractivity contribution in [2.45, 2.75) is 83.8 Å². The van der Waals surface area contributed by atoms with E-state index in [2.05, 4.69) is 103 Å². The number of benzene rings is 2. The molecule has 0 saturated heterocycles. The minimum absolute atomic E-state index is 0.0648. The van der Waals surface area contributed by atoms with Crippen molar-refractivity contribution in [1.82, 2.24) is 4.90 Å². The second-order valence-corrected chi connectivity index (χ2v) is 22.0. The van der Waals surface area contributed by atoms with Crippen molar-refractivity contribution in [2.24, 2.45) is 5.92 Å². The summed E-state index contributed by atoms with van der Waals surface area (Å²) in [5, 5.41) is 13.0. The minimum Gasteiger partial charge on any atom is -0.410 e. The lowest BCUT2D eigenvalue weighted by molar-refractivity contribution is -0.141. The van der Waals surface area contributed by atoms with E-state index in [1.165, 1.54) is 0 Å². The van der Waals surface area contributed by atoms with Gasteiger partial charge in [0.25, 0.3) is 8.32 Å². The van der Waals surface area contributed by atoms with E-state index >= 15 is 0 Å². The molecule has 0 saturated carbocycles.